The molecule has 2 aromatic rings. The van der Waals surface area contributed by atoms with Crippen LogP contribution in [0.5, 0.6) is 11.5 Å². The summed E-state index contributed by atoms with van der Waals surface area (Å²) >= 11 is 0. The topological polar surface area (TPSA) is 142 Å². The molecule has 1 saturated heterocycles. The zero-order chi connectivity index (χ0) is 23.4. The number of hydrogen-bond donors (Lipinski definition) is 5. The Kier molecular flexibility index (Phi) is 7.52. The number of phenols is 1. The SMILES string of the molecule is CC/C(=C(/CC)c1ccc(OC2OC(C(N)=O)C(O)C(O)C2O)cc1)c1ccc(O)cc1. The van der Waals surface area contributed by atoms with E-state index in [-0.39, 0.29) is 5.75 Å². The first-order chi connectivity index (χ1) is 15.3. The smallest absolute Gasteiger partial charge is 0.249 e. The Morgan fingerprint density at radius 2 is 1.38 bits per heavy atom. The van der Waals surface area contributed by atoms with Crippen LogP contribution >= 0.6 is 0 Å². The molecule has 1 heterocycles. The van der Waals surface area contributed by atoms with E-state index in [0.717, 1.165) is 35.1 Å². The lowest BCUT2D eigenvalue weighted by Gasteiger charge is -2.38. The number of aromatic hydroxyl groups is 1. The highest BCUT2D eigenvalue weighted by molar-refractivity contribution is 5.90. The Morgan fingerprint density at radius 1 is 0.875 bits per heavy atom. The molecule has 5 unspecified atom stereocenters. The summed E-state index contributed by atoms with van der Waals surface area (Å²) in [5, 5.41) is 39.6. The number of hydrogen-bond acceptors (Lipinski definition) is 7. The van der Waals surface area contributed by atoms with E-state index in [2.05, 4.69) is 13.8 Å². The van der Waals surface area contributed by atoms with Gasteiger partial charge >= 0.3 is 0 Å². The summed E-state index contributed by atoms with van der Waals surface area (Å²) in [6.45, 7) is 4.14. The first-order valence-electron chi connectivity index (χ1n) is 10.5. The van der Waals surface area contributed by atoms with E-state index in [4.69, 9.17) is 15.2 Å². The van der Waals surface area contributed by atoms with Gasteiger partial charge in [-0.2, -0.15) is 0 Å². The number of aliphatic hydroxyl groups excluding tert-OH is 3. The van der Waals surface area contributed by atoms with Crippen molar-refractivity contribution in [2.45, 2.75) is 57.4 Å². The largest absolute Gasteiger partial charge is 0.508 e. The van der Waals surface area contributed by atoms with Gasteiger partial charge in [0.2, 0.25) is 12.2 Å². The van der Waals surface area contributed by atoms with Crippen LogP contribution in [0.25, 0.3) is 11.1 Å². The second-order valence-corrected chi connectivity index (χ2v) is 7.65. The zero-order valence-electron chi connectivity index (χ0n) is 18.0. The van der Waals surface area contributed by atoms with Gasteiger partial charge in [0.05, 0.1) is 0 Å². The molecule has 6 N–H and O–H groups in total. The second-order valence-electron chi connectivity index (χ2n) is 7.65. The van der Waals surface area contributed by atoms with Crippen molar-refractivity contribution in [3.63, 3.8) is 0 Å². The van der Waals surface area contributed by atoms with Crippen molar-refractivity contribution in [2.24, 2.45) is 5.73 Å². The third-order valence-electron chi connectivity index (χ3n) is 5.59. The summed E-state index contributed by atoms with van der Waals surface area (Å²) in [6.07, 6.45) is -6.12. The third kappa shape index (κ3) is 4.94. The van der Waals surface area contributed by atoms with E-state index in [1.165, 1.54) is 0 Å². The average Bonchev–Trinajstić information content (AvgIpc) is 2.79. The summed E-state index contributed by atoms with van der Waals surface area (Å²) in [7, 11) is 0. The van der Waals surface area contributed by atoms with Crippen molar-refractivity contribution >= 4 is 17.1 Å². The number of benzene rings is 2. The van der Waals surface area contributed by atoms with Crippen LogP contribution in [0.1, 0.15) is 37.8 Å². The Balaban J connectivity index is 1.83. The van der Waals surface area contributed by atoms with Crippen LogP contribution in [0.3, 0.4) is 0 Å². The molecule has 0 aromatic heterocycles. The van der Waals surface area contributed by atoms with Gasteiger partial charge in [0.25, 0.3) is 0 Å². The number of carbonyl (C=O) groups excluding carboxylic acids is 1. The quantitative estimate of drug-likeness (QED) is 0.411. The van der Waals surface area contributed by atoms with Crippen LogP contribution in [0.15, 0.2) is 48.5 Å². The van der Waals surface area contributed by atoms with Crippen LogP contribution < -0.4 is 10.5 Å². The zero-order valence-corrected chi connectivity index (χ0v) is 18.0. The molecule has 2 aromatic carbocycles. The molecule has 0 spiro atoms. The molecule has 5 atom stereocenters. The van der Waals surface area contributed by atoms with Gasteiger partial charge in [-0.05, 0) is 59.4 Å². The van der Waals surface area contributed by atoms with Gasteiger partial charge in [0, 0.05) is 0 Å². The van der Waals surface area contributed by atoms with Gasteiger partial charge in [-0.3, -0.25) is 4.79 Å². The molecular formula is C24H29NO7. The lowest BCUT2D eigenvalue weighted by Crippen LogP contribution is -2.62. The Labute approximate surface area is 186 Å². The summed E-state index contributed by atoms with van der Waals surface area (Å²) in [6, 6.07) is 14.2. The number of aliphatic hydroxyl groups is 3. The molecular weight excluding hydrogens is 414 g/mol. The summed E-state index contributed by atoms with van der Waals surface area (Å²) in [5.41, 5.74) is 9.52. The minimum Gasteiger partial charge on any atom is -0.508 e. The van der Waals surface area contributed by atoms with Crippen molar-refractivity contribution in [2.75, 3.05) is 0 Å². The number of nitrogens with two attached hydrogens (primary N) is 1. The molecule has 0 radical (unpaired) electrons. The number of primary amides is 1. The van der Waals surface area contributed by atoms with E-state index in [1.54, 1.807) is 24.3 Å². The fourth-order valence-corrected chi connectivity index (χ4v) is 3.90. The van der Waals surface area contributed by atoms with Crippen LogP contribution in [0.2, 0.25) is 0 Å². The van der Waals surface area contributed by atoms with Crippen molar-refractivity contribution in [3.8, 4) is 11.5 Å². The maximum Gasteiger partial charge on any atom is 0.249 e. The summed E-state index contributed by atoms with van der Waals surface area (Å²) in [5.74, 6) is -0.402. The standard InChI is InChI=1S/C24H29NO7/c1-3-17(13-5-9-15(26)10-6-13)18(4-2)14-7-11-16(12-8-14)31-24-21(29)19(27)20(28)22(32-24)23(25)30/h5-12,19-22,24,26-29H,3-4H2,1-2H3,(H2,25,30)/b18-17+. The first-order valence-corrected chi connectivity index (χ1v) is 10.5. The van der Waals surface area contributed by atoms with Gasteiger partial charge < -0.3 is 35.6 Å². The number of phenolic OH excluding ortho intramolecular Hbond substituents is 1. The maximum atomic E-state index is 11.5. The van der Waals surface area contributed by atoms with Gasteiger partial charge in [-0.15, -0.1) is 0 Å². The Bertz CT molecular complexity index is 955. The third-order valence-corrected chi connectivity index (χ3v) is 5.59. The van der Waals surface area contributed by atoms with Gasteiger partial charge in [0.1, 0.15) is 29.8 Å². The van der Waals surface area contributed by atoms with Gasteiger partial charge in [-0.1, -0.05) is 38.1 Å². The van der Waals surface area contributed by atoms with Crippen LogP contribution in [0, 0.1) is 0 Å². The first kappa shape index (κ1) is 23.7. The molecule has 8 heteroatoms. The highest BCUT2D eigenvalue weighted by Crippen LogP contribution is 2.33. The molecule has 0 bridgehead atoms. The number of allylic oxidation sites excluding steroid dienone is 2. The number of ether oxygens (including phenoxy) is 2. The van der Waals surface area contributed by atoms with Gasteiger partial charge in [-0.25, -0.2) is 0 Å². The number of carbonyl (C=O) groups is 1. The number of amides is 1. The molecule has 1 aliphatic heterocycles. The Morgan fingerprint density at radius 3 is 1.84 bits per heavy atom. The van der Waals surface area contributed by atoms with Gasteiger partial charge in [0.15, 0.2) is 6.10 Å². The van der Waals surface area contributed by atoms with E-state index in [1.807, 2.05) is 24.3 Å². The highest BCUT2D eigenvalue weighted by atomic mass is 16.7. The molecule has 32 heavy (non-hydrogen) atoms. The fourth-order valence-electron chi connectivity index (χ4n) is 3.90. The van der Waals surface area contributed by atoms with E-state index in [9.17, 15) is 25.2 Å². The lowest BCUT2D eigenvalue weighted by molar-refractivity contribution is -0.266. The van der Waals surface area contributed by atoms with Crippen molar-refractivity contribution in [1.82, 2.24) is 0 Å². The molecule has 8 nitrogen and oxygen atoms in total. The maximum absolute atomic E-state index is 11.5. The molecule has 0 aliphatic carbocycles. The second kappa shape index (κ2) is 10.1. The lowest BCUT2D eigenvalue weighted by atomic mass is 9.91. The summed E-state index contributed by atoms with van der Waals surface area (Å²) < 4.78 is 10.9. The van der Waals surface area contributed by atoms with E-state index < -0.39 is 36.6 Å². The minimum absolute atomic E-state index is 0.215. The van der Waals surface area contributed by atoms with Crippen molar-refractivity contribution in [1.29, 1.82) is 0 Å². The monoisotopic (exact) mass is 443 g/mol. The molecule has 1 aliphatic rings. The van der Waals surface area contributed by atoms with Crippen molar-refractivity contribution < 1.29 is 34.7 Å². The molecule has 1 amide bonds. The van der Waals surface area contributed by atoms with E-state index >= 15 is 0 Å². The molecule has 172 valence electrons. The molecule has 0 saturated carbocycles. The van der Waals surface area contributed by atoms with Crippen LogP contribution in [-0.2, 0) is 9.53 Å². The normalized spacial score (nSPS) is 26.3. The van der Waals surface area contributed by atoms with Crippen molar-refractivity contribution in [3.05, 3.63) is 59.7 Å². The fraction of sp³-hybridized carbons (Fsp3) is 0.375. The predicted molar refractivity (Wildman–Crippen MR) is 118 cm³/mol. The average molecular weight is 443 g/mol. The summed E-state index contributed by atoms with van der Waals surface area (Å²) in [4.78, 5) is 11.5. The predicted octanol–water partition coefficient (Wildman–Crippen LogP) is 1.79. The van der Waals surface area contributed by atoms with E-state index in [0.29, 0.717) is 5.75 Å². The minimum atomic E-state index is -1.64. The molecule has 1 fully saturated rings. The van der Waals surface area contributed by atoms with Crippen LogP contribution in [-0.4, -0.2) is 57.0 Å². The van der Waals surface area contributed by atoms with Crippen LogP contribution in [0.4, 0.5) is 0 Å². The Hall–Kier alpha value is -2.91. The number of rotatable bonds is 7. The highest BCUT2D eigenvalue weighted by Gasteiger charge is 2.47. The molecule has 3 rings (SSSR count).